The van der Waals surface area contributed by atoms with Gasteiger partial charge in [0.1, 0.15) is 5.03 Å². The van der Waals surface area contributed by atoms with Crippen LogP contribution in [0.1, 0.15) is 28.8 Å². The van der Waals surface area contributed by atoms with Gasteiger partial charge in [-0.2, -0.15) is 4.98 Å². The van der Waals surface area contributed by atoms with Gasteiger partial charge in [-0.25, -0.2) is 4.79 Å². The molecule has 4 rings (SSSR count). The molecule has 1 aliphatic heterocycles. The van der Waals surface area contributed by atoms with Gasteiger partial charge >= 0.3 is 5.69 Å². The summed E-state index contributed by atoms with van der Waals surface area (Å²) in [5.41, 5.74) is 5.08. The van der Waals surface area contributed by atoms with Crippen molar-refractivity contribution in [3.63, 3.8) is 0 Å². The van der Waals surface area contributed by atoms with Crippen LogP contribution < -0.4 is 11.0 Å². The Morgan fingerprint density at radius 3 is 2.77 bits per heavy atom. The summed E-state index contributed by atoms with van der Waals surface area (Å²) in [5.74, 6) is 0.159. The summed E-state index contributed by atoms with van der Waals surface area (Å²) in [6.07, 6.45) is 2.85. The number of benzene rings is 1. The highest BCUT2D eigenvalue weighted by Crippen LogP contribution is 2.29. The Hall–Kier alpha value is -2.16. The Morgan fingerprint density at radius 2 is 2.00 bits per heavy atom. The molecule has 31 heavy (non-hydrogen) atoms. The van der Waals surface area contributed by atoms with E-state index in [-0.39, 0.29) is 17.3 Å². The molecule has 2 aliphatic rings. The largest absolute Gasteiger partial charge is 0.379 e. The molecule has 166 valence electrons. The fraction of sp³-hybridized carbons (Fsp3) is 0.522. The minimum atomic E-state index is -0.203. The molecule has 1 aliphatic carbocycles. The van der Waals surface area contributed by atoms with E-state index in [9.17, 15) is 9.59 Å². The standard InChI is InChI=1S/C23H30N4O3S/c1-16-6-7-19(17(2)14-16)24-21(28)15-31-22-18-4-3-5-20(18)27(23(29)25-22)9-8-26-10-12-30-13-11-26/h6-7,14H,3-5,8-13,15H2,1-2H3,(H,24,28). The van der Waals surface area contributed by atoms with E-state index in [1.165, 1.54) is 17.3 Å². The van der Waals surface area contributed by atoms with Gasteiger partial charge in [0, 0.05) is 43.1 Å². The predicted molar refractivity (Wildman–Crippen MR) is 123 cm³/mol. The molecule has 2 heterocycles. The number of carbonyl (C=O) groups is 1. The number of carbonyl (C=O) groups excluding carboxylic acids is 1. The molecule has 0 unspecified atom stereocenters. The maximum atomic E-state index is 12.8. The number of nitrogens with one attached hydrogen (secondary N) is 1. The second-order valence-corrected chi connectivity index (χ2v) is 9.20. The van der Waals surface area contributed by atoms with Crippen LogP contribution in [0, 0.1) is 13.8 Å². The van der Waals surface area contributed by atoms with Crippen molar-refractivity contribution in [1.29, 1.82) is 0 Å². The van der Waals surface area contributed by atoms with Gasteiger partial charge in [0.25, 0.3) is 0 Å². The summed E-state index contributed by atoms with van der Waals surface area (Å²) in [5, 5.41) is 3.69. The van der Waals surface area contributed by atoms with Crippen molar-refractivity contribution < 1.29 is 9.53 Å². The molecule has 1 amide bonds. The van der Waals surface area contributed by atoms with E-state index < -0.39 is 0 Å². The average molecular weight is 443 g/mol. The zero-order chi connectivity index (χ0) is 21.8. The first-order valence-corrected chi connectivity index (χ1v) is 11.9. The molecule has 8 heteroatoms. The van der Waals surface area contributed by atoms with Gasteiger partial charge < -0.3 is 10.1 Å². The number of amides is 1. The SMILES string of the molecule is Cc1ccc(NC(=O)CSc2nc(=O)n(CCN3CCOCC3)c3c2CCC3)c(C)c1. The van der Waals surface area contributed by atoms with Crippen LogP contribution in [0.25, 0.3) is 0 Å². The van der Waals surface area contributed by atoms with Crippen molar-refractivity contribution in [3.8, 4) is 0 Å². The summed E-state index contributed by atoms with van der Waals surface area (Å²) < 4.78 is 7.25. The van der Waals surface area contributed by atoms with Crippen LogP contribution in [0.4, 0.5) is 5.69 Å². The Kier molecular flexibility index (Phi) is 7.09. The van der Waals surface area contributed by atoms with E-state index >= 15 is 0 Å². The molecule has 1 aromatic heterocycles. The zero-order valence-corrected chi connectivity index (χ0v) is 19.1. The lowest BCUT2D eigenvalue weighted by atomic mass is 10.1. The smallest absolute Gasteiger partial charge is 0.348 e. The minimum Gasteiger partial charge on any atom is -0.379 e. The van der Waals surface area contributed by atoms with Gasteiger partial charge in [0.05, 0.1) is 19.0 Å². The number of morpholine rings is 1. The number of thioether (sulfide) groups is 1. The van der Waals surface area contributed by atoms with Crippen molar-refractivity contribution in [2.24, 2.45) is 0 Å². The van der Waals surface area contributed by atoms with E-state index in [2.05, 4.69) is 15.2 Å². The van der Waals surface area contributed by atoms with Gasteiger partial charge in [0.15, 0.2) is 0 Å². The third-order valence-electron chi connectivity index (χ3n) is 5.94. The Bertz CT molecular complexity index is 1010. The van der Waals surface area contributed by atoms with Crippen molar-refractivity contribution in [2.45, 2.75) is 44.7 Å². The number of anilines is 1. The van der Waals surface area contributed by atoms with Crippen LogP contribution in [0.15, 0.2) is 28.0 Å². The number of hydrogen-bond acceptors (Lipinski definition) is 6. The predicted octanol–water partition coefficient (Wildman–Crippen LogP) is 2.41. The molecule has 1 aromatic carbocycles. The van der Waals surface area contributed by atoms with E-state index in [0.29, 0.717) is 6.54 Å². The van der Waals surface area contributed by atoms with Gasteiger partial charge in [-0.1, -0.05) is 29.5 Å². The van der Waals surface area contributed by atoms with Gasteiger partial charge in [-0.3, -0.25) is 14.3 Å². The molecular formula is C23H30N4O3S. The fourth-order valence-electron chi connectivity index (χ4n) is 4.28. The van der Waals surface area contributed by atoms with Crippen LogP contribution in [0.2, 0.25) is 0 Å². The zero-order valence-electron chi connectivity index (χ0n) is 18.3. The molecule has 1 fully saturated rings. The van der Waals surface area contributed by atoms with Crippen LogP contribution in [0.3, 0.4) is 0 Å². The number of aromatic nitrogens is 2. The summed E-state index contributed by atoms with van der Waals surface area (Å²) in [6, 6.07) is 5.97. The van der Waals surface area contributed by atoms with E-state index in [4.69, 9.17) is 4.74 Å². The highest BCUT2D eigenvalue weighted by Gasteiger charge is 2.23. The average Bonchev–Trinajstić information content (AvgIpc) is 3.24. The van der Waals surface area contributed by atoms with Crippen LogP contribution in [0.5, 0.6) is 0 Å². The molecule has 2 aromatic rings. The number of aryl methyl sites for hydroxylation is 2. The van der Waals surface area contributed by atoms with Crippen molar-refractivity contribution in [1.82, 2.24) is 14.5 Å². The molecule has 0 atom stereocenters. The Morgan fingerprint density at radius 1 is 1.19 bits per heavy atom. The lowest BCUT2D eigenvalue weighted by molar-refractivity contribution is -0.113. The molecule has 7 nitrogen and oxygen atoms in total. The van der Waals surface area contributed by atoms with Crippen LogP contribution in [-0.2, 0) is 28.9 Å². The summed E-state index contributed by atoms with van der Waals surface area (Å²) in [7, 11) is 0. The van der Waals surface area contributed by atoms with Crippen molar-refractivity contribution in [3.05, 3.63) is 51.1 Å². The Balaban J connectivity index is 1.42. The molecule has 0 spiro atoms. The fourth-order valence-corrected chi connectivity index (χ4v) is 5.15. The van der Waals surface area contributed by atoms with Gasteiger partial charge in [-0.05, 0) is 44.7 Å². The lowest BCUT2D eigenvalue weighted by Gasteiger charge is -2.27. The molecule has 1 saturated heterocycles. The molecule has 0 bridgehead atoms. The van der Waals surface area contributed by atoms with Crippen molar-refractivity contribution >= 4 is 23.4 Å². The van der Waals surface area contributed by atoms with E-state index in [0.717, 1.165) is 79.6 Å². The van der Waals surface area contributed by atoms with Gasteiger partial charge in [-0.15, -0.1) is 0 Å². The number of nitrogens with zero attached hydrogens (tertiary/aromatic N) is 3. The third-order valence-corrected chi connectivity index (χ3v) is 6.96. The maximum absolute atomic E-state index is 12.8. The Labute approximate surface area is 187 Å². The number of ether oxygens (including phenoxy) is 1. The number of hydrogen-bond donors (Lipinski definition) is 1. The molecular weight excluding hydrogens is 412 g/mol. The normalized spacial score (nSPS) is 16.3. The summed E-state index contributed by atoms with van der Waals surface area (Å²) in [6.45, 7) is 8.84. The van der Waals surface area contributed by atoms with E-state index in [1.807, 2.05) is 36.6 Å². The topological polar surface area (TPSA) is 76.5 Å². The first kappa shape index (κ1) is 22.0. The number of fused-ring (bicyclic) bond motifs is 1. The van der Waals surface area contributed by atoms with Crippen LogP contribution >= 0.6 is 11.8 Å². The second kappa shape index (κ2) is 9.97. The summed E-state index contributed by atoms with van der Waals surface area (Å²) in [4.78, 5) is 32.0. The quantitative estimate of drug-likeness (QED) is 0.524. The lowest BCUT2D eigenvalue weighted by Crippen LogP contribution is -2.40. The third kappa shape index (κ3) is 5.37. The van der Waals surface area contributed by atoms with Crippen LogP contribution in [-0.4, -0.2) is 59.0 Å². The number of rotatable bonds is 7. The minimum absolute atomic E-state index is 0.0815. The second-order valence-electron chi connectivity index (χ2n) is 8.24. The van der Waals surface area contributed by atoms with Gasteiger partial charge in [0.2, 0.25) is 5.91 Å². The monoisotopic (exact) mass is 442 g/mol. The van der Waals surface area contributed by atoms with E-state index in [1.54, 1.807) is 0 Å². The first-order valence-electron chi connectivity index (χ1n) is 10.9. The highest BCUT2D eigenvalue weighted by atomic mass is 32.2. The summed E-state index contributed by atoms with van der Waals surface area (Å²) >= 11 is 1.37. The first-order chi connectivity index (χ1) is 15.0. The molecule has 0 saturated carbocycles. The molecule has 0 radical (unpaired) electrons. The highest BCUT2D eigenvalue weighted by molar-refractivity contribution is 8.00. The van der Waals surface area contributed by atoms with Crippen molar-refractivity contribution in [2.75, 3.05) is 43.9 Å². The maximum Gasteiger partial charge on any atom is 0.348 e. The molecule has 1 N–H and O–H groups in total.